The van der Waals surface area contributed by atoms with Crippen LogP contribution in [0.5, 0.6) is 11.5 Å². The van der Waals surface area contributed by atoms with Crippen molar-refractivity contribution in [3.63, 3.8) is 0 Å². The first-order valence-electron chi connectivity index (χ1n) is 8.83. The van der Waals surface area contributed by atoms with Crippen LogP contribution in [-0.4, -0.2) is 39.7 Å². The van der Waals surface area contributed by atoms with Gasteiger partial charge in [-0.1, -0.05) is 6.07 Å². The molecule has 0 radical (unpaired) electrons. The number of aromatic nitrogens is 3. The topological polar surface area (TPSA) is 82.6 Å². The number of ether oxygens (including phenoxy) is 2. The fourth-order valence-electron chi connectivity index (χ4n) is 2.84. The fraction of sp³-hybridized carbons (Fsp3) is 0.350. The zero-order chi connectivity index (χ0) is 20.3. The van der Waals surface area contributed by atoms with Crippen LogP contribution < -0.4 is 9.47 Å². The molecule has 0 unspecified atom stereocenters. The van der Waals surface area contributed by atoms with Crippen LogP contribution in [-0.2, 0) is 20.2 Å². The Morgan fingerprint density at radius 1 is 1.29 bits per heavy atom. The van der Waals surface area contributed by atoms with E-state index in [0.717, 1.165) is 16.8 Å². The van der Waals surface area contributed by atoms with Crippen LogP contribution in [0.25, 0.3) is 0 Å². The normalized spacial score (nSPS) is 10.8. The lowest BCUT2D eigenvalue weighted by Crippen LogP contribution is -2.26. The van der Waals surface area contributed by atoms with Crippen LogP contribution in [0.4, 0.5) is 0 Å². The Balaban J connectivity index is 1.63. The van der Waals surface area contributed by atoms with Gasteiger partial charge >= 0.3 is 0 Å². The van der Waals surface area contributed by atoms with E-state index in [-0.39, 0.29) is 18.2 Å². The van der Waals surface area contributed by atoms with E-state index in [2.05, 4.69) is 10.1 Å². The van der Waals surface area contributed by atoms with E-state index in [1.54, 1.807) is 23.7 Å². The molecular formula is C20H24N4O4. The number of nitrogens with zero attached hydrogens (tertiary/aromatic N) is 4. The molecule has 0 bridgehead atoms. The van der Waals surface area contributed by atoms with Crippen LogP contribution in [0.15, 0.2) is 35.1 Å². The molecular weight excluding hydrogens is 360 g/mol. The molecule has 3 rings (SSSR count). The van der Waals surface area contributed by atoms with Gasteiger partial charge in [-0.05, 0) is 31.5 Å². The third-order valence-corrected chi connectivity index (χ3v) is 4.31. The first-order chi connectivity index (χ1) is 13.4. The van der Waals surface area contributed by atoms with Crippen molar-refractivity contribution in [2.45, 2.75) is 27.0 Å². The van der Waals surface area contributed by atoms with Crippen molar-refractivity contribution in [1.29, 1.82) is 0 Å². The zero-order valence-electron chi connectivity index (χ0n) is 16.7. The maximum atomic E-state index is 12.6. The largest absolute Gasteiger partial charge is 0.493 e. The second kappa shape index (κ2) is 8.16. The van der Waals surface area contributed by atoms with Crippen LogP contribution in [0.1, 0.15) is 33.2 Å². The van der Waals surface area contributed by atoms with Gasteiger partial charge in [0.1, 0.15) is 6.26 Å². The number of carbonyl (C=O) groups is 1. The zero-order valence-corrected chi connectivity index (χ0v) is 16.7. The van der Waals surface area contributed by atoms with Crippen LogP contribution >= 0.6 is 0 Å². The first-order valence-corrected chi connectivity index (χ1v) is 8.83. The lowest BCUT2D eigenvalue weighted by molar-refractivity contribution is 0.0779. The summed E-state index contributed by atoms with van der Waals surface area (Å²) in [5.41, 5.74) is 3.18. The summed E-state index contributed by atoms with van der Waals surface area (Å²) in [6.45, 7) is 4.43. The molecule has 3 aromatic rings. The van der Waals surface area contributed by atoms with Gasteiger partial charge in [0.15, 0.2) is 23.8 Å². The molecule has 0 saturated heterocycles. The van der Waals surface area contributed by atoms with Crippen molar-refractivity contribution < 1.29 is 18.7 Å². The second-order valence-corrected chi connectivity index (χ2v) is 6.64. The molecule has 2 aromatic heterocycles. The predicted molar refractivity (Wildman–Crippen MR) is 102 cm³/mol. The predicted octanol–water partition coefficient (Wildman–Crippen LogP) is 2.88. The van der Waals surface area contributed by atoms with Gasteiger partial charge < -0.3 is 18.8 Å². The summed E-state index contributed by atoms with van der Waals surface area (Å²) in [7, 11) is 5.16. The molecule has 2 heterocycles. The Bertz CT molecular complexity index is 976. The van der Waals surface area contributed by atoms with E-state index in [1.165, 1.54) is 6.26 Å². The average Bonchev–Trinajstić information content (AvgIpc) is 3.26. The highest BCUT2D eigenvalue weighted by Gasteiger charge is 2.19. The fourth-order valence-corrected chi connectivity index (χ4v) is 2.84. The molecule has 8 heteroatoms. The number of amides is 1. The SMILES string of the molecule is COc1cc(C)ccc1OCc1nc(C(=O)N(C)Cc2cn(C)nc2C)co1. The molecule has 28 heavy (non-hydrogen) atoms. The molecule has 148 valence electrons. The number of benzene rings is 1. The van der Waals surface area contributed by atoms with Crippen LogP contribution in [0.2, 0.25) is 0 Å². The molecule has 0 atom stereocenters. The third kappa shape index (κ3) is 4.33. The summed E-state index contributed by atoms with van der Waals surface area (Å²) in [6, 6.07) is 5.64. The van der Waals surface area contributed by atoms with E-state index >= 15 is 0 Å². The number of rotatable bonds is 7. The van der Waals surface area contributed by atoms with Gasteiger partial charge in [0, 0.05) is 32.4 Å². The average molecular weight is 384 g/mol. The number of hydrogen-bond donors (Lipinski definition) is 0. The van der Waals surface area contributed by atoms with Gasteiger partial charge in [-0.3, -0.25) is 9.48 Å². The molecule has 0 saturated carbocycles. The summed E-state index contributed by atoms with van der Waals surface area (Å²) >= 11 is 0. The van der Waals surface area contributed by atoms with E-state index in [4.69, 9.17) is 13.9 Å². The summed E-state index contributed by atoms with van der Waals surface area (Å²) in [5, 5.41) is 4.29. The third-order valence-electron chi connectivity index (χ3n) is 4.31. The van der Waals surface area contributed by atoms with Crippen molar-refractivity contribution in [2.24, 2.45) is 7.05 Å². The molecule has 0 fully saturated rings. The number of oxazole rings is 1. The van der Waals surface area contributed by atoms with Gasteiger partial charge in [0.25, 0.3) is 5.91 Å². The monoisotopic (exact) mass is 384 g/mol. The Morgan fingerprint density at radius 2 is 2.07 bits per heavy atom. The molecule has 0 aliphatic heterocycles. The van der Waals surface area contributed by atoms with Gasteiger partial charge in [-0.15, -0.1) is 0 Å². The van der Waals surface area contributed by atoms with Crippen molar-refractivity contribution in [2.75, 3.05) is 14.2 Å². The minimum Gasteiger partial charge on any atom is -0.493 e. The second-order valence-electron chi connectivity index (χ2n) is 6.64. The maximum absolute atomic E-state index is 12.6. The minimum absolute atomic E-state index is 0.0954. The Kier molecular flexibility index (Phi) is 5.67. The summed E-state index contributed by atoms with van der Waals surface area (Å²) < 4.78 is 18.2. The van der Waals surface area contributed by atoms with Crippen molar-refractivity contribution in [3.05, 3.63) is 59.1 Å². The standard InChI is InChI=1S/C20H24N4O4/c1-13-6-7-17(18(8-13)26-5)27-12-19-21-16(11-28-19)20(25)23(3)9-15-10-24(4)22-14(15)2/h6-8,10-11H,9,12H2,1-5H3. The maximum Gasteiger partial charge on any atom is 0.275 e. The lowest BCUT2D eigenvalue weighted by atomic mass is 10.2. The Morgan fingerprint density at radius 3 is 2.75 bits per heavy atom. The number of hydrogen-bond acceptors (Lipinski definition) is 6. The molecule has 1 aromatic carbocycles. The first kappa shape index (κ1) is 19.5. The van der Waals surface area contributed by atoms with Crippen molar-refractivity contribution in [3.8, 4) is 11.5 Å². The highest BCUT2D eigenvalue weighted by atomic mass is 16.5. The summed E-state index contributed by atoms with van der Waals surface area (Å²) in [5.74, 6) is 1.31. The van der Waals surface area contributed by atoms with E-state index in [0.29, 0.717) is 23.9 Å². The molecule has 0 aliphatic carbocycles. The Labute approximate surface area is 163 Å². The van der Waals surface area contributed by atoms with Crippen molar-refractivity contribution in [1.82, 2.24) is 19.7 Å². The van der Waals surface area contributed by atoms with Gasteiger partial charge in [0.2, 0.25) is 5.89 Å². The molecule has 8 nitrogen and oxygen atoms in total. The molecule has 0 spiro atoms. The lowest BCUT2D eigenvalue weighted by Gasteiger charge is -2.14. The number of aryl methyl sites for hydroxylation is 3. The number of carbonyl (C=O) groups excluding carboxylic acids is 1. The highest BCUT2D eigenvalue weighted by Crippen LogP contribution is 2.28. The van der Waals surface area contributed by atoms with Crippen LogP contribution in [0, 0.1) is 13.8 Å². The number of methoxy groups -OCH3 is 1. The summed E-state index contributed by atoms with van der Waals surface area (Å²) in [4.78, 5) is 18.4. The molecule has 0 aliphatic rings. The minimum atomic E-state index is -0.230. The molecule has 0 N–H and O–H groups in total. The summed E-state index contributed by atoms with van der Waals surface area (Å²) in [6.07, 6.45) is 3.25. The van der Waals surface area contributed by atoms with E-state index < -0.39 is 0 Å². The van der Waals surface area contributed by atoms with Gasteiger partial charge in [-0.25, -0.2) is 4.98 Å². The van der Waals surface area contributed by atoms with E-state index in [9.17, 15) is 4.79 Å². The quantitative estimate of drug-likeness (QED) is 0.623. The van der Waals surface area contributed by atoms with Crippen molar-refractivity contribution >= 4 is 5.91 Å². The highest BCUT2D eigenvalue weighted by molar-refractivity contribution is 5.91. The smallest absolute Gasteiger partial charge is 0.275 e. The van der Waals surface area contributed by atoms with Gasteiger partial charge in [-0.2, -0.15) is 5.10 Å². The molecule has 1 amide bonds. The van der Waals surface area contributed by atoms with E-state index in [1.807, 2.05) is 45.3 Å². The van der Waals surface area contributed by atoms with Crippen LogP contribution in [0.3, 0.4) is 0 Å². The Hall–Kier alpha value is -3.29. The van der Waals surface area contributed by atoms with Gasteiger partial charge in [0.05, 0.1) is 12.8 Å².